The number of esters is 3. The number of carbonyl (C=O) groups excluding carboxylic acids is 3. The smallest absolute Gasteiger partial charge is 0.303 e. The molecule has 0 unspecified atom stereocenters. The highest BCUT2D eigenvalue weighted by Crippen LogP contribution is 2.34. The number of alkyl halides is 3. The van der Waals surface area contributed by atoms with Crippen molar-refractivity contribution in [1.29, 1.82) is 5.41 Å². The van der Waals surface area contributed by atoms with E-state index in [1.807, 2.05) is 6.07 Å². The van der Waals surface area contributed by atoms with Gasteiger partial charge in [-0.2, -0.15) is 0 Å². The van der Waals surface area contributed by atoms with Crippen molar-refractivity contribution in [2.45, 2.75) is 61.9 Å². The van der Waals surface area contributed by atoms with Crippen molar-refractivity contribution in [3.8, 4) is 0 Å². The molecule has 0 amide bonds. The zero-order valence-electron chi connectivity index (χ0n) is 18.5. The van der Waals surface area contributed by atoms with Gasteiger partial charge in [-0.15, -0.1) is 0 Å². The largest absolute Gasteiger partial charge is 0.463 e. The lowest BCUT2D eigenvalue weighted by molar-refractivity contribution is -0.298. The van der Waals surface area contributed by atoms with Crippen LogP contribution < -0.4 is 0 Å². The van der Waals surface area contributed by atoms with Gasteiger partial charge >= 0.3 is 17.9 Å². The van der Waals surface area contributed by atoms with Gasteiger partial charge in [-0.1, -0.05) is 65.1 Å². The number of benzene rings is 1. The van der Waals surface area contributed by atoms with Gasteiger partial charge in [-0.3, -0.25) is 19.8 Å². The summed E-state index contributed by atoms with van der Waals surface area (Å²) in [4.78, 5) is 35.2. The summed E-state index contributed by atoms with van der Waals surface area (Å²) in [5.41, 5.74) is 0.764. The molecule has 0 saturated carbocycles. The van der Waals surface area contributed by atoms with E-state index in [0.717, 1.165) is 12.5 Å². The summed E-state index contributed by atoms with van der Waals surface area (Å²) in [7, 11) is 0. The van der Waals surface area contributed by atoms with Crippen LogP contribution in [0.15, 0.2) is 30.3 Å². The molecule has 1 aromatic carbocycles. The van der Waals surface area contributed by atoms with Crippen molar-refractivity contribution in [2.75, 3.05) is 6.61 Å². The normalized spacial score (nSPS) is 24.6. The van der Waals surface area contributed by atoms with Gasteiger partial charge in [0.05, 0.1) is 6.61 Å². The molecule has 188 valence electrons. The van der Waals surface area contributed by atoms with Gasteiger partial charge in [0.2, 0.25) is 12.2 Å². The summed E-state index contributed by atoms with van der Waals surface area (Å²) in [5, 5.41) is 7.90. The van der Waals surface area contributed by atoms with E-state index in [1.165, 1.54) is 13.8 Å². The van der Waals surface area contributed by atoms with Gasteiger partial charge in [-0.05, 0) is 5.56 Å². The highest BCUT2D eigenvalue weighted by molar-refractivity contribution is 6.76. The quantitative estimate of drug-likeness (QED) is 0.174. The number of ether oxygens (including phenoxy) is 6. The minimum absolute atomic E-state index is 0.0238. The van der Waals surface area contributed by atoms with Crippen LogP contribution in [0.3, 0.4) is 0 Å². The maximum Gasteiger partial charge on any atom is 0.303 e. The first kappa shape index (κ1) is 28.1. The second-order valence-corrected chi connectivity index (χ2v) is 9.48. The summed E-state index contributed by atoms with van der Waals surface area (Å²) < 4.78 is 30.7. The SMILES string of the molecule is CC(=O)OC[C@H]1O[C@@H](OC(=N)C(Cl)(Cl)Cl)[C@H](OC(C)=O)[C@@H](OCc2ccccc2)[C@@H]1OC(C)=O. The third kappa shape index (κ3) is 8.59. The Bertz CT molecular complexity index is 878. The van der Waals surface area contributed by atoms with Crippen LogP contribution in [-0.2, 0) is 49.4 Å². The lowest BCUT2D eigenvalue weighted by atomic mass is 9.98. The standard InChI is InChI=1S/C21H24Cl3NO9/c1-11(26)29-10-15-16(31-12(2)27)17(30-9-14-7-5-4-6-8-14)18(32-13(3)28)19(33-15)34-20(25)21(22,23)24/h4-8,15-19,25H,9-10H2,1-3H3/t15-,16-,17+,18-,19+/m1/s1. The van der Waals surface area contributed by atoms with Crippen molar-refractivity contribution >= 4 is 58.6 Å². The van der Waals surface area contributed by atoms with Crippen LogP contribution in [0.4, 0.5) is 0 Å². The van der Waals surface area contributed by atoms with E-state index in [1.54, 1.807) is 24.3 Å². The fraction of sp³-hybridized carbons (Fsp3) is 0.524. The molecule has 1 saturated heterocycles. The molecule has 0 bridgehead atoms. The summed E-state index contributed by atoms with van der Waals surface area (Å²) >= 11 is 17.2. The third-order valence-corrected chi connectivity index (χ3v) is 4.94. The molecule has 1 N–H and O–H groups in total. The lowest BCUT2D eigenvalue weighted by Crippen LogP contribution is -2.63. The van der Waals surface area contributed by atoms with Crippen LogP contribution in [0.1, 0.15) is 26.3 Å². The van der Waals surface area contributed by atoms with Crippen LogP contribution in [0.25, 0.3) is 0 Å². The molecule has 1 aliphatic heterocycles. The number of carbonyl (C=O) groups is 3. The number of halogens is 3. The maximum atomic E-state index is 11.9. The number of hydrogen-bond donors (Lipinski definition) is 1. The topological polar surface area (TPSA) is 130 Å². The third-order valence-electron chi connectivity index (χ3n) is 4.42. The Hall–Kier alpha value is -2.11. The molecule has 2 rings (SSSR count). The average Bonchev–Trinajstić information content (AvgIpc) is 2.73. The Balaban J connectivity index is 2.44. The molecule has 1 aromatic rings. The van der Waals surface area contributed by atoms with Crippen LogP contribution in [0, 0.1) is 5.41 Å². The Morgan fingerprint density at radius 2 is 1.50 bits per heavy atom. The second-order valence-electron chi connectivity index (χ2n) is 7.20. The van der Waals surface area contributed by atoms with Crippen molar-refractivity contribution in [2.24, 2.45) is 0 Å². The van der Waals surface area contributed by atoms with Gasteiger partial charge < -0.3 is 28.4 Å². The highest BCUT2D eigenvalue weighted by Gasteiger charge is 2.53. The van der Waals surface area contributed by atoms with E-state index in [9.17, 15) is 14.4 Å². The van der Waals surface area contributed by atoms with E-state index >= 15 is 0 Å². The van der Waals surface area contributed by atoms with E-state index in [-0.39, 0.29) is 13.2 Å². The molecule has 0 aromatic heterocycles. The molecule has 1 aliphatic rings. The molecule has 34 heavy (non-hydrogen) atoms. The molecule has 13 heteroatoms. The van der Waals surface area contributed by atoms with E-state index in [2.05, 4.69) is 0 Å². The van der Waals surface area contributed by atoms with Gasteiger partial charge in [0.25, 0.3) is 3.79 Å². The van der Waals surface area contributed by atoms with Crippen molar-refractivity contribution in [1.82, 2.24) is 0 Å². The summed E-state index contributed by atoms with van der Waals surface area (Å²) in [6.07, 6.45) is -6.37. The second kappa shape index (κ2) is 12.6. The predicted molar refractivity (Wildman–Crippen MR) is 121 cm³/mol. The minimum Gasteiger partial charge on any atom is -0.463 e. The fourth-order valence-electron chi connectivity index (χ4n) is 3.10. The van der Waals surface area contributed by atoms with Crippen molar-refractivity contribution < 1.29 is 42.8 Å². The summed E-state index contributed by atoms with van der Waals surface area (Å²) in [5.74, 6) is -2.88. The average molecular weight is 541 g/mol. The molecular weight excluding hydrogens is 517 g/mol. The first-order valence-electron chi connectivity index (χ1n) is 9.99. The first-order valence-corrected chi connectivity index (χ1v) is 11.1. The fourth-order valence-corrected chi connectivity index (χ4v) is 3.23. The molecular formula is C21H24Cl3NO9. The molecule has 1 heterocycles. The molecule has 0 aliphatic carbocycles. The van der Waals surface area contributed by atoms with Gasteiger partial charge in [0.1, 0.15) is 18.8 Å². The van der Waals surface area contributed by atoms with Gasteiger partial charge in [0.15, 0.2) is 12.2 Å². The van der Waals surface area contributed by atoms with Crippen molar-refractivity contribution in [3.05, 3.63) is 35.9 Å². The minimum atomic E-state index is -2.25. The lowest BCUT2D eigenvalue weighted by Gasteiger charge is -2.44. The highest BCUT2D eigenvalue weighted by atomic mass is 35.6. The zero-order valence-corrected chi connectivity index (χ0v) is 20.8. The Morgan fingerprint density at radius 1 is 0.912 bits per heavy atom. The summed E-state index contributed by atoms with van der Waals surface area (Å²) in [6, 6.07) is 9.01. The monoisotopic (exact) mass is 539 g/mol. The predicted octanol–water partition coefficient (Wildman–Crippen LogP) is 3.09. The Morgan fingerprint density at radius 3 is 2.03 bits per heavy atom. The van der Waals surface area contributed by atoms with Gasteiger partial charge in [0, 0.05) is 20.8 Å². The summed E-state index contributed by atoms with van der Waals surface area (Å²) in [6.45, 7) is 3.14. The Kier molecular flexibility index (Phi) is 10.4. The van der Waals surface area contributed by atoms with E-state index < -0.39 is 58.3 Å². The van der Waals surface area contributed by atoms with Gasteiger partial charge in [-0.25, -0.2) is 0 Å². The van der Waals surface area contributed by atoms with Crippen LogP contribution in [0.5, 0.6) is 0 Å². The molecule has 0 radical (unpaired) electrons. The van der Waals surface area contributed by atoms with E-state index in [0.29, 0.717) is 0 Å². The van der Waals surface area contributed by atoms with Crippen LogP contribution in [0.2, 0.25) is 0 Å². The van der Waals surface area contributed by atoms with Crippen LogP contribution in [-0.4, -0.2) is 64.9 Å². The molecule has 0 spiro atoms. The van der Waals surface area contributed by atoms with E-state index in [4.69, 9.17) is 68.6 Å². The molecule has 1 fully saturated rings. The maximum absolute atomic E-state index is 11.9. The number of hydrogen-bond acceptors (Lipinski definition) is 10. The van der Waals surface area contributed by atoms with Crippen molar-refractivity contribution in [3.63, 3.8) is 0 Å². The first-order chi connectivity index (χ1) is 15.9. The number of rotatable bonds is 8. The zero-order chi connectivity index (χ0) is 25.5. The number of nitrogens with one attached hydrogen (secondary N) is 1. The molecule has 5 atom stereocenters. The Labute approximate surface area is 211 Å². The van der Waals surface area contributed by atoms with Crippen LogP contribution >= 0.6 is 34.8 Å². The molecule has 10 nitrogen and oxygen atoms in total.